The molecule has 1 N–H and O–H groups in total. The van der Waals surface area contributed by atoms with Crippen LogP contribution < -0.4 is 11.2 Å². The van der Waals surface area contributed by atoms with Gasteiger partial charge in [-0.1, -0.05) is 0 Å². The van der Waals surface area contributed by atoms with Crippen LogP contribution in [0.4, 0.5) is 0 Å². The molecular weight excluding hydrogens is 339 g/mol. The summed E-state index contributed by atoms with van der Waals surface area (Å²) in [7, 11) is 0. The summed E-state index contributed by atoms with van der Waals surface area (Å²) < 4.78 is 12.1. The second-order valence-electron chi connectivity index (χ2n) is 4.04. The number of nitrogens with zero attached hydrogens (tertiary/aromatic N) is 1. The van der Waals surface area contributed by atoms with Crippen LogP contribution in [-0.2, 0) is 7.80 Å². The molecule has 94 valence electrons. The van der Waals surface area contributed by atoms with Crippen LogP contribution in [-0.4, -0.2) is 22.3 Å². The molecule has 1 saturated heterocycles. The second kappa shape index (κ2) is 5.32. The van der Waals surface area contributed by atoms with Gasteiger partial charge in [-0.05, 0) is 19.8 Å². The van der Waals surface area contributed by atoms with E-state index in [2.05, 4.69) is 4.98 Å². The lowest BCUT2D eigenvalue weighted by molar-refractivity contribution is -0.0141. The average Bonchev–Trinajstić information content (AvgIpc) is 2.72. The minimum Gasteiger partial charge on any atom is -0.352 e. The van der Waals surface area contributed by atoms with Crippen molar-refractivity contribution in [3.8, 4) is 0 Å². The van der Waals surface area contributed by atoms with Gasteiger partial charge in [-0.15, -0.1) is 0 Å². The summed E-state index contributed by atoms with van der Waals surface area (Å²) in [5.74, 6) is 0. The van der Waals surface area contributed by atoms with E-state index in [1.54, 1.807) is 13.1 Å². The van der Waals surface area contributed by atoms with Crippen molar-refractivity contribution in [1.29, 1.82) is 0 Å². The Hall–Kier alpha value is -0.670. The zero-order valence-electron chi connectivity index (χ0n) is 9.31. The topological polar surface area (TPSA) is 73.3 Å². The Kier molecular flexibility index (Phi) is 4.00. The van der Waals surface area contributed by atoms with Crippen molar-refractivity contribution in [1.82, 2.24) is 9.55 Å². The molecule has 6 nitrogen and oxygen atoms in total. The summed E-state index contributed by atoms with van der Waals surface area (Å²) in [6.07, 6.45) is 2.83. The number of aryl methyl sites for hydroxylation is 1. The molecule has 0 saturated carbocycles. The molecule has 0 radical (unpaired) electrons. The maximum atomic E-state index is 11.6. The average molecular weight is 352 g/mol. The largest absolute Gasteiger partial charge is 0.352 e. The third kappa shape index (κ3) is 2.78. The van der Waals surface area contributed by atoms with Gasteiger partial charge >= 0.3 is 5.69 Å². The van der Waals surface area contributed by atoms with E-state index in [1.807, 2.05) is 23.0 Å². The fourth-order valence-electron chi connectivity index (χ4n) is 1.88. The van der Waals surface area contributed by atoms with E-state index in [-0.39, 0.29) is 17.9 Å². The number of halogens is 1. The fraction of sp³-hybridized carbons (Fsp3) is 0.600. The van der Waals surface area contributed by atoms with Gasteiger partial charge in [0.1, 0.15) is 29.2 Å². The Morgan fingerprint density at radius 1 is 1.59 bits per heavy atom. The molecule has 1 fully saturated rings. The Labute approximate surface area is 112 Å². The summed E-state index contributed by atoms with van der Waals surface area (Å²) in [4.78, 5) is 25.2. The molecular formula is C10H13IN2O4. The molecule has 0 aliphatic carbocycles. The number of ether oxygens (including phenoxy) is 1. The molecule has 2 rings (SSSR count). The quantitative estimate of drug-likeness (QED) is 0.820. The summed E-state index contributed by atoms with van der Waals surface area (Å²) >= 11 is 1.82. The van der Waals surface area contributed by atoms with E-state index >= 15 is 0 Å². The van der Waals surface area contributed by atoms with Gasteiger partial charge in [-0.3, -0.25) is 14.3 Å². The van der Waals surface area contributed by atoms with Crippen molar-refractivity contribution in [2.75, 3.05) is 6.61 Å². The molecule has 0 unspecified atom stereocenters. The smallest absolute Gasteiger partial charge is 0.330 e. The van der Waals surface area contributed by atoms with Crippen LogP contribution in [0.25, 0.3) is 0 Å². The van der Waals surface area contributed by atoms with Gasteiger partial charge in [0, 0.05) is 11.8 Å². The van der Waals surface area contributed by atoms with Crippen molar-refractivity contribution in [3.63, 3.8) is 0 Å². The van der Waals surface area contributed by atoms with Crippen molar-refractivity contribution in [2.45, 2.75) is 32.1 Å². The van der Waals surface area contributed by atoms with Crippen LogP contribution in [0.1, 0.15) is 24.6 Å². The van der Waals surface area contributed by atoms with Crippen LogP contribution in [0, 0.1) is 6.92 Å². The van der Waals surface area contributed by atoms with Crippen molar-refractivity contribution in [3.05, 3.63) is 32.6 Å². The van der Waals surface area contributed by atoms with Crippen LogP contribution in [0.2, 0.25) is 0 Å². The zero-order chi connectivity index (χ0) is 12.4. The Morgan fingerprint density at radius 2 is 2.35 bits per heavy atom. The van der Waals surface area contributed by atoms with Gasteiger partial charge < -0.3 is 7.80 Å². The molecule has 0 spiro atoms. The number of rotatable bonds is 3. The first kappa shape index (κ1) is 12.8. The van der Waals surface area contributed by atoms with Gasteiger partial charge in [-0.2, -0.15) is 0 Å². The van der Waals surface area contributed by atoms with Crippen LogP contribution in [0.3, 0.4) is 0 Å². The van der Waals surface area contributed by atoms with Gasteiger partial charge in [0.2, 0.25) is 0 Å². The van der Waals surface area contributed by atoms with E-state index in [1.165, 1.54) is 4.57 Å². The highest BCUT2D eigenvalue weighted by Crippen LogP contribution is 2.27. The highest BCUT2D eigenvalue weighted by molar-refractivity contribution is 14.1. The van der Waals surface area contributed by atoms with Crippen molar-refractivity contribution in [2.24, 2.45) is 0 Å². The summed E-state index contributed by atoms with van der Waals surface area (Å²) in [5, 5.41) is 0. The number of hydrogen-bond acceptors (Lipinski definition) is 4. The predicted octanol–water partition coefficient (Wildman–Crippen LogP) is 0.889. The first-order valence-electron chi connectivity index (χ1n) is 5.33. The van der Waals surface area contributed by atoms with Gasteiger partial charge in [0.25, 0.3) is 5.56 Å². The maximum absolute atomic E-state index is 11.6. The molecule has 7 heteroatoms. The Morgan fingerprint density at radius 3 is 3.06 bits per heavy atom. The number of aromatic amines is 1. The van der Waals surface area contributed by atoms with Crippen molar-refractivity contribution >= 4 is 23.0 Å². The number of hydrogen-bond donors (Lipinski definition) is 1. The number of nitrogens with one attached hydrogen (secondary N) is 1. The first-order valence-corrected chi connectivity index (χ1v) is 6.21. The molecule has 1 aromatic rings. The molecule has 2 heterocycles. The molecule has 1 aliphatic rings. The minimum atomic E-state index is -0.429. The fourth-order valence-corrected chi connectivity index (χ4v) is 2.29. The van der Waals surface area contributed by atoms with Crippen molar-refractivity contribution < 1.29 is 7.80 Å². The monoisotopic (exact) mass is 352 g/mol. The highest BCUT2D eigenvalue weighted by Gasteiger charge is 2.27. The third-order valence-corrected chi connectivity index (χ3v) is 3.15. The van der Waals surface area contributed by atoms with Gasteiger partial charge in [0.05, 0.1) is 12.7 Å². The summed E-state index contributed by atoms with van der Waals surface area (Å²) in [5.41, 5.74) is -0.278. The molecule has 2 atom stereocenters. The standard InChI is InChI=1S/C10H13IN2O4/c1-6-4-13(10(15)12-9(6)14)8-3-2-7(17-8)5-16-11/h4,7-8H,2-3,5H2,1H3,(H,12,14,15)/t7-,8+/m1/s1. The lowest BCUT2D eigenvalue weighted by Gasteiger charge is -2.15. The zero-order valence-corrected chi connectivity index (χ0v) is 11.5. The van der Waals surface area contributed by atoms with E-state index in [0.29, 0.717) is 12.2 Å². The molecule has 0 amide bonds. The lowest BCUT2D eigenvalue weighted by atomic mass is 10.2. The Bertz CT molecular complexity index is 510. The number of H-pyrrole nitrogens is 1. The van der Waals surface area contributed by atoms with Crippen LogP contribution in [0.15, 0.2) is 15.8 Å². The highest BCUT2D eigenvalue weighted by atomic mass is 127. The van der Waals surface area contributed by atoms with Crippen LogP contribution >= 0.6 is 23.0 Å². The minimum absolute atomic E-state index is 0.0102. The molecule has 17 heavy (non-hydrogen) atoms. The SMILES string of the molecule is Cc1cn([C@@H]2CC[C@H](COI)O2)c(=O)[nH]c1=O. The second-order valence-corrected chi connectivity index (χ2v) is 4.67. The van der Waals surface area contributed by atoms with Gasteiger partial charge in [0.15, 0.2) is 0 Å². The van der Waals surface area contributed by atoms with E-state index in [0.717, 1.165) is 12.8 Å². The molecule has 1 aliphatic heterocycles. The van der Waals surface area contributed by atoms with Gasteiger partial charge in [-0.25, -0.2) is 4.79 Å². The van der Waals surface area contributed by atoms with E-state index in [9.17, 15) is 9.59 Å². The predicted molar refractivity (Wildman–Crippen MR) is 69.2 cm³/mol. The third-order valence-electron chi connectivity index (χ3n) is 2.79. The molecule has 0 aromatic carbocycles. The molecule has 0 bridgehead atoms. The maximum Gasteiger partial charge on any atom is 0.330 e. The summed E-state index contributed by atoms with van der Waals surface area (Å²) in [6.45, 7) is 2.17. The summed E-state index contributed by atoms with van der Waals surface area (Å²) in [6, 6.07) is 0. The Balaban J connectivity index is 2.22. The first-order chi connectivity index (χ1) is 8.11. The normalized spacial score (nSPS) is 24.1. The molecule has 1 aromatic heterocycles. The van der Waals surface area contributed by atoms with Crippen LogP contribution in [0.5, 0.6) is 0 Å². The van der Waals surface area contributed by atoms with E-state index < -0.39 is 5.69 Å². The lowest BCUT2D eigenvalue weighted by Crippen LogP contribution is -2.33. The number of aromatic nitrogens is 2. The van der Waals surface area contributed by atoms with E-state index in [4.69, 9.17) is 7.80 Å².